The predicted molar refractivity (Wildman–Crippen MR) is 88.5 cm³/mol. The molecular formula is C17H13FN6. The highest BCUT2D eigenvalue weighted by molar-refractivity contribution is 5.61. The summed E-state index contributed by atoms with van der Waals surface area (Å²) in [5.41, 5.74) is 2.12. The van der Waals surface area contributed by atoms with Gasteiger partial charge in [0.2, 0.25) is 5.82 Å². The minimum Gasteiger partial charge on any atom is -0.328 e. The lowest BCUT2D eigenvalue weighted by Crippen LogP contribution is -2.13. The van der Waals surface area contributed by atoms with Crippen LogP contribution < -0.4 is 4.90 Å². The normalized spacial score (nSPS) is 10.9. The Morgan fingerprint density at radius 3 is 2.54 bits per heavy atom. The maximum absolute atomic E-state index is 13.1. The van der Waals surface area contributed by atoms with Gasteiger partial charge in [-0.05, 0) is 36.4 Å². The van der Waals surface area contributed by atoms with E-state index >= 15 is 0 Å². The highest BCUT2D eigenvalue weighted by Gasteiger charge is 2.13. The van der Waals surface area contributed by atoms with Crippen LogP contribution in [-0.2, 0) is 0 Å². The van der Waals surface area contributed by atoms with Crippen molar-refractivity contribution in [2.24, 2.45) is 0 Å². The molecule has 0 radical (unpaired) electrons. The number of anilines is 2. The van der Waals surface area contributed by atoms with Crippen molar-refractivity contribution in [3.05, 3.63) is 66.6 Å². The molecule has 1 aromatic carbocycles. The zero-order chi connectivity index (χ0) is 16.5. The second-order valence-corrected chi connectivity index (χ2v) is 5.24. The lowest BCUT2D eigenvalue weighted by molar-refractivity contribution is 0.621. The maximum atomic E-state index is 13.1. The van der Waals surface area contributed by atoms with E-state index in [0.29, 0.717) is 17.2 Å². The Morgan fingerprint density at radius 2 is 1.79 bits per heavy atom. The molecule has 24 heavy (non-hydrogen) atoms. The van der Waals surface area contributed by atoms with E-state index in [1.165, 1.54) is 6.07 Å². The maximum Gasteiger partial charge on any atom is 0.203 e. The van der Waals surface area contributed by atoms with E-state index < -0.39 is 5.82 Å². The number of fused-ring (bicyclic) bond motifs is 1. The Morgan fingerprint density at radius 1 is 0.958 bits per heavy atom. The summed E-state index contributed by atoms with van der Waals surface area (Å²) in [5.74, 6) is 0.801. The largest absolute Gasteiger partial charge is 0.328 e. The standard InChI is InChI=1S/C17H13FN6/c1-23(13-5-3-2-4-6-13)16-10-9-15-20-21-17(24(15)22-16)14-8-7-12(18)11-19-14/h2-11H,1H3. The van der Waals surface area contributed by atoms with Gasteiger partial charge in [-0.1, -0.05) is 18.2 Å². The number of halogens is 1. The Bertz CT molecular complexity index is 981. The van der Waals surface area contributed by atoms with Crippen LogP contribution in [0.1, 0.15) is 0 Å². The van der Waals surface area contributed by atoms with Gasteiger partial charge < -0.3 is 4.90 Å². The Kier molecular flexibility index (Phi) is 3.38. The number of nitrogens with zero attached hydrogens (tertiary/aromatic N) is 6. The third-order valence-electron chi connectivity index (χ3n) is 3.69. The van der Waals surface area contributed by atoms with Gasteiger partial charge in [-0.3, -0.25) is 0 Å². The van der Waals surface area contributed by atoms with Crippen LogP contribution in [0, 0.1) is 5.82 Å². The lowest BCUT2D eigenvalue weighted by Gasteiger charge is -2.18. The summed E-state index contributed by atoms with van der Waals surface area (Å²) < 4.78 is 14.7. The van der Waals surface area contributed by atoms with Gasteiger partial charge in [0.25, 0.3) is 0 Å². The first kappa shape index (κ1) is 14.3. The number of rotatable bonds is 3. The van der Waals surface area contributed by atoms with E-state index in [9.17, 15) is 4.39 Å². The first-order chi connectivity index (χ1) is 11.7. The highest BCUT2D eigenvalue weighted by Crippen LogP contribution is 2.22. The van der Waals surface area contributed by atoms with Crippen LogP contribution in [0.4, 0.5) is 15.9 Å². The molecule has 4 aromatic rings. The van der Waals surface area contributed by atoms with Crippen LogP contribution in [0.2, 0.25) is 0 Å². The number of benzene rings is 1. The molecule has 3 aromatic heterocycles. The van der Waals surface area contributed by atoms with E-state index in [-0.39, 0.29) is 0 Å². The molecular weight excluding hydrogens is 307 g/mol. The molecule has 0 aliphatic carbocycles. The van der Waals surface area contributed by atoms with Crippen LogP contribution in [0.3, 0.4) is 0 Å². The van der Waals surface area contributed by atoms with E-state index in [0.717, 1.165) is 17.7 Å². The van der Waals surface area contributed by atoms with Crippen molar-refractivity contribution >= 4 is 17.2 Å². The minimum absolute atomic E-state index is 0.398. The minimum atomic E-state index is -0.398. The number of hydrogen-bond donors (Lipinski definition) is 0. The number of pyridine rings is 1. The molecule has 0 saturated carbocycles. The molecule has 7 heteroatoms. The van der Waals surface area contributed by atoms with Crippen LogP contribution in [0.25, 0.3) is 17.2 Å². The fourth-order valence-corrected chi connectivity index (χ4v) is 2.41. The van der Waals surface area contributed by atoms with Gasteiger partial charge in [0.05, 0.1) is 6.20 Å². The molecule has 0 aliphatic heterocycles. The summed E-state index contributed by atoms with van der Waals surface area (Å²) in [7, 11) is 1.93. The molecule has 0 fully saturated rings. The van der Waals surface area contributed by atoms with E-state index in [1.54, 1.807) is 10.6 Å². The van der Waals surface area contributed by atoms with Gasteiger partial charge in [-0.25, -0.2) is 9.37 Å². The molecule has 0 N–H and O–H groups in total. The third kappa shape index (κ3) is 2.45. The molecule has 118 valence electrons. The van der Waals surface area contributed by atoms with Crippen molar-refractivity contribution in [1.29, 1.82) is 0 Å². The average Bonchev–Trinajstić information content (AvgIpc) is 3.05. The van der Waals surface area contributed by atoms with Crippen LogP contribution in [0.5, 0.6) is 0 Å². The van der Waals surface area contributed by atoms with Crippen molar-refractivity contribution in [3.63, 3.8) is 0 Å². The SMILES string of the molecule is CN(c1ccccc1)c1ccc2nnc(-c3ccc(F)cn3)n2n1. The predicted octanol–water partition coefficient (Wildman–Crippen LogP) is 3.09. The first-order valence-electron chi connectivity index (χ1n) is 7.35. The van der Waals surface area contributed by atoms with Crippen molar-refractivity contribution in [1.82, 2.24) is 24.8 Å². The average molecular weight is 320 g/mol. The van der Waals surface area contributed by atoms with Gasteiger partial charge in [-0.15, -0.1) is 15.3 Å². The van der Waals surface area contributed by atoms with Gasteiger partial charge in [0.1, 0.15) is 11.5 Å². The summed E-state index contributed by atoms with van der Waals surface area (Å²) in [6.07, 6.45) is 1.15. The Labute approximate surface area is 137 Å². The molecule has 6 nitrogen and oxygen atoms in total. The van der Waals surface area contributed by atoms with Gasteiger partial charge in [-0.2, -0.15) is 4.52 Å². The molecule has 0 amide bonds. The van der Waals surface area contributed by atoms with Gasteiger partial charge in [0, 0.05) is 12.7 Å². The fourth-order valence-electron chi connectivity index (χ4n) is 2.41. The lowest BCUT2D eigenvalue weighted by atomic mass is 10.3. The molecule has 0 bridgehead atoms. The van der Waals surface area contributed by atoms with Crippen molar-refractivity contribution in [2.45, 2.75) is 0 Å². The van der Waals surface area contributed by atoms with Crippen LogP contribution >= 0.6 is 0 Å². The topological polar surface area (TPSA) is 59.2 Å². The summed E-state index contributed by atoms with van der Waals surface area (Å²) >= 11 is 0. The second kappa shape index (κ2) is 5.69. The smallest absolute Gasteiger partial charge is 0.203 e. The molecule has 4 rings (SSSR count). The second-order valence-electron chi connectivity index (χ2n) is 5.24. The molecule has 0 atom stereocenters. The Balaban J connectivity index is 1.80. The van der Waals surface area contributed by atoms with Gasteiger partial charge in [0.15, 0.2) is 11.5 Å². The summed E-state index contributed by atoms with van der Waals surface area (Å²) in [4.78, 5) is 6.01. The number of para-hydroxylation sites is 1. The van der Waals surface area contributed by atoms with Crippen LogP contribution in [-0.4, -0.2) is 31.8 Å². The monoisotopic (exact) mass is 320 g/mol. The molecule has 0 aliphatic rings. The van der Waals surface area contributed by atoms with E-state index in [4.69, 9.17) is 0 Å². The van der Waals surface area contributed by atoms with Crippen molar-refractivity contribution in [3.8, 4) is 11.5 Å². The quantitative estimate of drug-likeness (QED) is 0.580. The summed E-state index contributed by atoms with van der Waals surface area (Å²) in [6.45, 7) is 0. The summed E-state index contributed by atoms with van der Waals surface area (Å²) in [5, 5.41) is 12.8. The van der Waals surface area contributed by atoms with Crippen molar-refractivity contribution < 1.29 is 4.39 Å². The molecule has 0 spiro atoms. The number of aromatic nitrogens is 5. The number of hydrogen-bond acceptors (Lipinski definition) is 5. The molecule has 3 heterocycles. The Hall–Kier alpha value is -3.35. The first-order valence-corrected chi connectivity index (χ1v) is 7.35. The molecule has 0 saturated heterocycles. The van der Waals surface area contributed by atoms with Gasteiger partial charge >= 0.3 is 0 Å². The van der Waals surface area contributed by atoms with Crippen LogP contribution in [0.15, 0.2) is 60.8 Å². The zero-order valence-electron chi connectivity index (χ0n) is 12.8. The summed E-state index contributed by atoms with van der Waals surface area (Å²) in [6, 6.07) is 16.5. The zero-order valence-corrected chi connectivity index (χ0v) is 12.8. The molecule has 0 unspecified atom stereocenters. The van der Waals surface area contributed by atoms with E-state index in [2.05, 4.69) is 20.3 Å². The van der Waals surface area contributed by atoms with Crippen molar-refractivity contribution in [2.75, 3.05) is 11.9 Å². The van der Waals surface area contributed by atoms with E-state index in [1.807, 2.05) is 54.4 Å². The third-order valence-corrected chi connectivity index (χ3v) is 3.69. The fraction of sp³-hybridized carbons (Fsp3) is 0.0588. The highest BCUT2D eigenvalue weighted by atomic mass is 19.1.